The summed E-state index contributed by atoms with van der Waals surface area (Å²) in [6.45, 7) is 0.724. The van der Waals surface area contributed by atoms with Crippen molar-refractivity contribution >= 4 is 11.8 Å². The van der Waals surface area contributed by atoms with Crippen molar-refractivity contribution in [3.8, 4) is 5.75 Å². The third kappa shape index (κ3) is 6.50. The first-order valence-electron chi connectivity index (χ1n) is 7.73. The van der Waals surface area contributed by atoms with Crippen LogP contribution in [0, 0.1) is 0 Å². The highest BCUT2D eigenvalue weighted by atomic mass is 19.4. The Balaban J connectivity index is 1.87. The first kappa shape index (κ1) is 19.4. The number of anilines is 1. The lowest BCUT2D eigenvalue weighted by atomic mass is 10.2. The van der Waals surface area contributed by atoms with Gasteiger partial charge in [0.05, 0.1) is 6.54 Å². The van der Waals surface area contributed by atoms with E-state index in [1.165, 1.54) is 24.3 Å². The molecule has 26 heavy (non-hydrogen) atoms. The van der Waals surface area contributed by atoms with Crippen LogP contribution in [0.3, 0.4) is 0 Å². The van der Waals surface area contributed by atoms with E-state index in [1.807, 2.05) is 31.1 Å². The lowest BCUT2D eigenvalue weighted by Crippen LogP contribution is -2.31. The molecule has 2 aromatic rings. The number of hydrogen-bond donors (Lipinski definition) is 2. The molecule has 2 rings (SSSR count). The van der Waals surface area contributed by atoms with Crippen molar-refractivity contribution in [3.05, 3.63) is 53.7 Å². The monoisotopic (exact) mass is 367 g/mol. The molecule has 0 aliphatic carbocycles. The highest BCUT2D eigenvalue weighted by Gasteiger charge is 2.30. The Morgan fingerprint density at radius 1 is 1.19 bits per heavy atom. The molecule has 0 spiro atoms. The van der Waals surface area contributed by atoms with Crippen molar-refractivity contribution < 1.29 is 17.9 Å². The lowest BCUT2D eigenvalue weighted by Gasteiger charge is -2.12. The maximum absolute atomic E-state index is 12.1. The van der Waals surface area contributed by atoms with Gasteiger partial charge in [0, 0.05) is 26.8 Å². The number of guanidine groups is 1. The number of rotatable bonds is 6. The molecule has 0 aliphatic rings. The van der Waals surface area contributed by atoms with Crippen LogP contribution in [-0.4, -0.2) is 31.4 Å². The number of aliphatic imine (C=N–C) groups is 1. The molecule has 3 N–H and O–H groups in total. The summed E-state index contributed by atoms with van der Waals surface area (Å²) in [5, 5.41) is 2.91. The number of aromatic nitrogens is 1. The summed E-state index contributed by atoms with van der Waals surface area (Å²) in [6, 6.07) is 9.30. The number of benzene rings is 1. The summed E-state index contributed by atoms with van der Waals surface area (Å²) >= 11 is 0. The maximum atomic E-state index is 12.1. The van der Waals surface area contributed by atoms with Crippen LogP contribution in [0.2, 0.25) is 0 Å². The van der Waals surface area contributed by atoms with Crippen molar-refractivity contribution in [1.29, 1.82) is 0 Å². The predicted octanol–water partition coefficient (Wildman–Crippen LogP) is 2.65. The molecule has 0 amide bonds. The normalized spacial score (nSPS) is 12.0. The Hall–Kier alpha value is -2.97. The van der Waals surface area contributed by atoms with Crippen molar-refractivity contribution in [1.82, 2.24) is 10.3 Å². The van der Waals surface area contributed by atoms with Gasteiger partial charge >= 0.3 is 6.36 Å². The zero-order valence-electron chi connectivity index (χ0n) is 14.4. The molecule has 0 saturated heterocycles. The van der Waals surface area contributed by atoms with Crippen LogP contribution in [0.5, 0.6) is 5.75 Å². The summed E-state index contributed by atoms with van der Waals surface area (Å²) in [7, 11) is 3.80. The van der Waals surface area contributed by atoms with E-state index in [0.717, 1.165) is 16.9 Å². The summed E-state index contributed by atoms with van der Waals surface area (Å²) in [6.07, 6.45) is -3.00. The number of ether oxygens (including phenoxy) is 1. The molecule has 0 fully saturated rings. The Kier molecular flexibility index (Phi) is 6.26. The molecule has 0 aliphatic heterocycles. The lowest BCUT2D eigenvalue weighted by molar-refractivity contribution is -0.274. The average molecular weight is 367 g/mol. The molecule has 1 aromatic heterocycles. The summed E-state index contributed by atoms with van der Waals surface area (Å²) in [5.41, 5.74) is 7.53. The molecular weight excluding hydrogens is 347 g/mol. The van der Waals surface area contributed by atoms with Crippen molar-refractivity contribution in [2.45, 2.75) is 19.5 Å². The van der Waals surface area contributed by atoms with Crippen molar-refractivity contribution in [3.63, 3.8) is 0 Å². The second-order valence-corrected chi connectivity index (χ2v) is 5.66. The summed E-state index contributed by atoms with van der Waals surface area (Å²) in [4.78, 5) is 10.4. The van der Waals surface area contributed by atoms with Crippen LogP contribution in [0.4, 0.5) is 19.0 Å². The summed E-state index contributed by atoms with van der Waals surface area (Å²) in [5.74, 6) is 0.798. The molecule has 0 bridgehead atoms. The minimum atomic E-state index is -4.70. The number of nitrogens with zero attached hydrogens (tertiary/aromatic N) is 3. The van der Waals surface area contributed by atoms with Crippen LogP contribution in [0.15, 0.2) is 47.6 Å². The maximum Gasteiger partial charge on any atom is 0.573 e. The quantitative estimate of drug-likeness (QED) is 0.606. The second kappa shape index (κ2) is 8.41. The Morgan fingerprint density at radius 3 is 2.50 bits per heavy atom. The van der Waals surface area contributed by atoms with Gasteiger partial charge < -0.3 is 20.7 Å². The minimum Gasteiger partial charge on any atom is -0.406 e. The Morgan fingerprint density at radius 2 is 1.88 bits per heavy atom. The first-order valence-corrected chi connectivity index (χ1v) is 7.73. The molecule has 1 heterocycles. The highest BCUT2D eigenvalue weighted by Crippen LogP contribution is 2.22. The number of alkyl halides is 3. The van der Waals surface area contributed by atoms with Gasteiger partial charge in [-0.3, -0.25) is 0 Å². The van der Waals surface area contributed by atoms with Gasteiger partial charge in [0.1, 0.15) is 11.6 Å². The molecule has 0 saturated carbocycles. The van der Waals surface area contributed by atoms with E-state index in [2.05, 4.69) is 20.0 Å². The third-order valence-corrected chi connectivity index (χ3v) is 3.33. The molecular formula is C17H20F3N5O. The van der Waals surface area contributed by atoms with Gasteiger partial charge in [0.2, 0.25) is 0 Å². The van der Waals surface area contributed by atoms with Crippen LogP contribution >= 0.6 is 0 Å². The second-order valence-electron chi connectivity index (χ2n) is 5.66. The van der Waals surface area contributed by atoms with E-state index in [4.69, 9.17) is 5.73 Å². The zero-order chi connectivity index (χ0) is 19.2. The molecule has 1 aromatic carbocycles. The molecule has 0 atom stereocenters. The van der Waals surface area contributed by atoms with Crippen LogP contribution in [0.25, 0.3) is 0 Å². The van der Waals surface area contributed by atoms with Gasteiger partial charge in [-0.1, -0.05) is 12.1 Å². The third-order valence-electron chi connectivity index (χ3n) is 3.33. The molecule has 140 valence electrons. The van der Waals surface area contributed by atoms with Crippen LogP contribution in [-0.2, 0) is 13.1 Å². The smallest absolute Gasteiger partial charge is 0.406 e. The van der Waals surface area contributed by atoms with Crippen LogP contribution < -0.4 is 20.7 Å². The van der Waals surface area contributed by atoms with Crippen molar-refractivity contribution in [2.75, 3.05) is 19.0 Å². The van der Waals surface area contributed by atoms with E-state index in [1.54, 1.807) is 6.20 Å². The SMILES string of the molecule is CN(C)c1cc(CN=C(N)NCc2ccc(OC(F)(F)F)cc2)ccn1. The average Bonchev–Trinajstić information content (AvgIpc) is 2.58. The van der Waals surface area contributed by atoms with Gasteiger partial charge in [0.25, 0.3) is 0 Å². The van der Waals surface area contributed by atoms with E-state index >= 15 is 0 Å². The van der Waals surface area contributed by atoms with Gasteiger partial charge in [-0.05, 0) is 35.4 Å². The van der Waals surface area contributed by atoms with E-state index < -0.39 is 6.36 Å². The first-order chi connectivity index (χ1) is 12.2. The molecule has 9 heteroatoms. The van der Waals surface area contributed by atoms with Crippen molar-refractivity contribution in [2.24, 2.45) is 10.7 Å². The fourth-order valence-corrected chi connectivity index (χ4v) is 2.04. The number of halogens is 3. The standard InChI is InChI=1S/C17H20F3N5O/c1-25(2)15-9-13(7-8-22-15)11-24-16(21)23-10-12-3-5-14(6-4-12)26-17(18,19)20/h3-9H,10-11H2,1-2H3,(H3,21,23,24). The van der Waals surface area contributed by atoms with Gasteiger partial charge in [-0.15, -0.1) is 13.2 Å². The summed E-state index contributed by atoms with van der Waals surface area (Å²) < 4.78 is 40.2. The largest absolute Gasteiger partial charge is 0.573 e. The number of pyridine rings is 1. The minimum absolute atomic E-state index is 0.240. The van der Waals surface area contributed by atoms with Crippen LogP contribution in [0.1, 0.15) is 11.1 Å². The number of nitrogens with one attached hydrogen (secondary N) is 1. The van der Waals surface area contributed by atoms with Gasteiger partial charge in [0.15, 0.2) is 5.96 Å². The highest BCUT2D eigenvalue weighted by molar-refractivity contribution is 5.77. The van der Waals surface area contributed by atoms with E-state index in [9.17, 15) is 13.2 Å². The van der Waals surface area contributed by atoms with Gasteiger partial charge in [-0.2, -0.15) is 0 Å². The number of hydrogen-bond acceptors (Lipinski definition) is 4. The predicted molar refractivity (Wildman–Crippen MR) is 93.9 cm³/mol. The Bertz CT molecular complexity index is 745. The topological polar surface area (TPSA) is 75.8 Å². The Labute approximate surface area is 149 Å². The number of nitrogens with two attached hydrogens (primary N) is 1. The molecule has 6 nitrogen and oxygen atoms in total. The van der Waals surface area contributed by atoms with E-state index in [0.29, 0.717) is 13.1 Å². The molecule has 0 unspecified atom stereocenters. The van der Waals surface area contributed by atoms with E-state index in [-0.39, 0.29) is 11.7 Å². The molecule has 0 radical (unpaired) electrons. The zero-order valence-corrected chi connectivity index (χ0v) is 14.4. The fourth-order valence-electron chi connectivity index (χ4n) is 2.04. The van der Waals surface area contributed by atoms with Gasteiger partial charge in [-0.25, -0.2) is 9.98 Å². The fraction of sp³-hybridized carbons (Fsp3) is 0.294.